The largest absolute Gasteiger partial charge is 0.478 e. The lowest BCUT2D eigenvalue weighted by molar-refractivity contribution is -0.433. The first kappa shape index (κ1) is 44.5. The zero-order chi connectivity index (χ0) is 41.3. The molecule has 0 spiro atoms. The third-order valence-electron chi connectivity index (χ3n) is 7.19. The highest BCUT2D eigenvalue weighted by Gasteiger charge is 2.94. The van der Waals surface area contributed by atoms with Crippen molar-refractivity contribution in [1.29, 1.82) is 0 Å². The molecule has 27 heteroatoms. The van der Waals surface area contributed by atoms with Crippen molar-refractivity contribution in [3.05, 3.63) is 59.7 Å². The number of nitrogens with zero attached hydrogens (tertiary/aromatic N) is 1. The Morgan fingerprint density at radius 3 is 1.23 bits per heavy atom. The SMILES string of the molecule is CN(C(F)(F)C(F)(F)C(F)(C(=O)O)C(F)(F)F)S(=O)(=O)C(F)(F)C(F)(F)C(F)(F)C(F)(F)C(F)(F)C(F)(F)F.c1ccc2c(c1)Cc1ccccc1-2. The van der Waals surface area contributed by atoms with E-state index >= 15 is 0 Å². The number of fused-ring (bicyclic) bond motifs is 3. The summed E-state index contributed by atoms with van der Waals surface area (Å²) >= 11 is 0. The molecule has 2 aromatic carbocycles. The predicted molar refractivity (Wildman–Crippen MR) is 130 cm³/mol. The molecule has 1 atom stereocenters. The average molecular weight is 823 g/mol. The number of alkyl halides is 21. The van der Waals surface area contributed by atoms with Crippen molar-refractivity contribution in [3.63, 3.8) is 0 Å². The fourth-order valence-electron chi connectivity index (χ4n) is 4.16. The average Bonchev–Trinajstić information content (AvgIpc) is 3.37. The molecular weight excluding hydrogens is 809 g/mol. The molecule has 1 aliphatic carbocycles. The Kier molecular flexibility index (Phi) is 10.9. The number of benzene rings is 2. The third kappa shape index (κ3) is 6.07. The monoisotopic (exact) mass is 823 g/mol. The highest BCUT2D eigenvalue weighted by atomic mass is 32.2. The van der Waals surface area contributed by atoms with Gasteiger partial charge >= 0.3 is 64.9 Å². The number of aliphatic carboxylic acids is 1. The first-order chi connectivity index (χ1) is 22.8. The predicted octanol–water partition coefficient (Wildman–Crippen LogP) is 8.79. The molecule has 0 bridgehead atoms. The maximum atomic E-state index is 13.9. The molecule has 0 aliphatic heterocycles. The van der Waals surface area contributed by atoms with Crippen LogP contribution in [0.1, 0.15) is 11.1 Å². The molecule has 296 valence electrons. The second kappa shape index (κ2) is 12.7. The fraction of sp³-hybridized carbons (Fsp3) is 0.480. The number of halogens is 21. The van der Waals surface area contributed by atoms with Crippen molar-refractivity contribution in [2.24, 2.45) is 0 Å². The van der Waals surface area contributed by atoms with Crippen molar-refractivity contribution in [2.75, 3.05) is 7.05 Å². The Labute approximate surface area is 274 Å². The summed E-state index contributed by atoms with van der Waals surface area (Å²) in [6, 6.07) is 9.28. The zero-order valence-corrected chi connectivity index (χ0v) is 25.1. The van der Waals surface area contributed by atoms with E-state index < -0.39 is 86.3 Å². The number of rotatable bonds is 10. The van der Waals surface area contributed by atoms with Crippen LogP contribution in [0.15, 0.2) is 48.5 Å². The van der Waals surface area contributed by atoms with Crippen LogP contribution in [0.4, 0.5) is 92.2 Å². The molecule has 5 nitrogen and oxygen atoms in total. The summed E-state index contributed by atoms with van der Waals surface area (Å²) in [5.41, 5.74) is -1.97. The summed E-state index contributed by atoms with van der Waals surface area (Å²) in [5, 5.41) is -0.674. The van der Waals surface area contributed by atoms with Crippen LogP contribution in [0.2, 0.25) is 0 Å². The number of carboxylic acids is 1. The van der Waals surface area contributed by atoms with E-state index in [0.29, 0.717) is 0 Å². The van der Waals surface area contributed by atoms with Gasteiger partial charge in [0.1, 0.15) is 0 Å². The second-order valence-corrected chi connectivity index (χ2v) is 12.4. The molecule has 0 radical (unpaired) electrons. The number of carbonyl (C=O) groups is 1. The lowest BCUT2D eigenvalue weighted by atomic mass is 9.95. The van der Waals surface area contributed by atoms with Gasteiger partial charge in [-0.15, -0.1) is 4.31 Å². The van der Waals surface area contributed by atoms with Gasteiger partial charge in [0.15, 0.2) is 0 Å². The summed E-state index contributed by atoms with van der Waals surface area (Å²) in [4.78, 5) is 10.3. The Balaban J connectivity index is 0.000000584. The van der Waals surface area contributed by atoms with Crippen molar-refractivity contribution >= 4 is 16.0 Å². The summed E-state index contributed by atoms with van der Waals surface area (Å²) in [7, 11) is -10.8. The van der Waals surface area contributed by atoms with Gasteiger partial charge < -0.3 is 5.11 Å². The van der Waals surface area contributed by atoms with Crippen molar-refractivity contribution in [1.82, 2.24) is 4.31 Å². The van der Waals surface area contributed by atoms with Crippen LogP contribution < -0.4 is 0 Å². The molecule has 0 fully saturated rings. The standard InChI is InChI=1S/C13H10.C12H4F21NO4S/c1-3-7-12-10(5-1)9-11-6-2-4-8-13(11)12;1-34(11(30,31)4(14,15)3(13,2(35)36)9(24,25)26)39(37,38)12(32,33)8(22,23)6(18,19)5(16,17)7(20,21)10(27,28)29/h1-8H,9H2;1H3,(H,35,36). The molecule has 1 N–H and O–H groups in total. The van der Waals surface area contributed by atoms with Gasteiger partial charge in [-0.1, -0.05) is 48.5 Å². The first-order valence-electron chi connectivity index (χ1n) is 12.6. The van der Waals surface area contributed by atoms with Gasteiger partial charge in [-0.25, -0.2) is 17.6 Å². The molecule has 1 aliphatic rings. The second-order valence-electron chi connectivity index (χ2n) is 10.4. The molecule has 0 aromatic heterocycles. The Morgan fingerprint density at radius 1 is 0.558 bits per heavy atom. The van der Waals surface area contributed by atoms with E-state index in [1.807, 2.05) is 0 Å². The lowest BCUT2D eigenvalue weighted by Gasteiger charge is -2.42. The third-order valence-corrected chi connectivity index (χ3v) is 9.04. The summed E-state index contributed by atoms with van der Waals surface area (Å²) in [5.74, 6) is -48.2. The van der Waals surface area contributed by atoms with E-state index in [2.05, 4.69) is 48.5 Å². The Hall–Kier alpha value is -3.65. The van der Waals surface area contributed by atoms with Crippen LogP contribution in [0, 0.1) is 0 Å². The van der Waals surface area contributed by atoms with Gasteiger partial charge in [0.25, 0.3) is 10.0 Å². The molecule has 0 heterocycles. The topological polar surface area (TPSA) is 74.7 Å². The fourth-order valence-corrected chi connectivity index (χ4v) is 5.37. The van der Waals surface area contributed by atoms with E-state index in [0.717, 1.165) is 6.42 Å². The van der Waals surface area contributed by atoms with Crippen LogP contribution >= 0.6 is 0 Å². The van der Waals surface area contributed by atoms with Gasteiger partial charge in [0.05, 0.1) is 0 Å². The van der Waals surface area contributed by atoms with E-state index in [-0.39, 0.29) is 0 Å². The van der Waals surface area contributed by atoms with Gasteiger partial charge in [0.2, 0.25) is 0 Å². The number of sulfonamides is 1. The molecule has 1 unspecified atom stereocenters. The number of hydrogen-bond acceptors (Lipinski definition) is 3. The van der Waals surface area contributed by atoms with Crippen molar-refractivity contribution in [3.8, 4) is 11.1 Å². The lowest BCUT2D eigenvalue weighted by Crippen LogP contribution is -2.74. The highest BCUT2D eigenvalue weighted by molar-refractivity contribution is 7.90. The molecule has 0 saturated carbocycles. The number of carboxylic acid groups (broad SMARTS) is 1. The molecule has 0 amide bonds. The van der Waals surface area contributed by atoms with Gasteiger partial charge in [-0.2, -0.15) is 87.8 Å². The normalized spacial score (nSPS) is 16.4. The highest BCUT2D eigenvalue weighted by Crippen LogP contribution is 2.62. The number of hydrogen-bond donors (Lipinski definition) is 1. The summed E-state index contributed by atoms with van der Waals surface area (Å²) in [6.45, 7) is 0. The van der Waals surface area contributed by atoms with Gasteiger partial charge in [-0.3, -0.25) is 0 Å². The smallest absolute Gasteiger partial charge is 0.460 e. The molecule has 3 rings (SSSR count). The molecule has 52 heavy (non-hydrogen) atoms. The summed E-state index contributed by atoms with van der Waals surface area (Å²) in [6.07, 6.45) is -14.7. The van der Waals surface area contributed by atoms with Crippen molar-refractivity contribution < 1.29 is 111 Å². The van der Waals surface area contributed by atoms with Crippen LogP contribution in [0.3, 0.4) is 0 Å². The van der Waals surface area contributed by atoms with Crippen molar-refractivity contribution in [2.45, 2.75) is 65.4 Å². The quantitative estimate of drug-likeness (QED) is 0.164. The van der Waals surface area contributed by atoms with Crippen LogP contribution in [0.25, 0.3) is 11.1 Å². The Morgan fingerprint density at radius 2 is 0.904 bits per heavy atom. The maximum Gasteiger partial charge on any atom is 0.460 e. The maximum absolute atomic E-state index is 13.9. The van der Waals surface area contributed by atoms with E-state index in [1.165, 1.54) is 22.3 Å². The molecule has 0 saturated heterocycles. The molecular formula is C25H14F21NO4S. The van der Waals surface area contributed by atoms with E-state index in [4.69, 9.17) is 5.11 Å². The van der Waals surface area contributed by atoms with Crippen LogP contribution in [-0.4, -0.2) is 89.8 Å². The van der Waals surface area contributed by atoms with E-state index in [9.17, 15) is 105 Å². The zero-order valence-electron chi connectivity index (χ0n) is 24.3. The van der Waals surface area contributed by atoms with E-state index in [1.54, 1.807) is 0 Å². The minimum Gasteiger partial charge on any atom is -0.478 e. The van der Waals surface area contributed by atoms with Crippen LogP contribution in [-0.2, 0) is 21.2 Å². The molecule has 2 aromatic rings. The minimum absolute atomic E-state index is 1.10. The van der Waals surface area contributed by atoms with Gasteiger partial charge in [-0.05, 0) is 28.7 Å². The van der Waals surface area contributed by atoms with Crippen LogP contribution in [0.5, 0.6) is 0 Å². The van der Waals surface area contributed by atoms with Gasteiger partial charge in [0, 0.05) is 7.05 Å². The Bertz CT molecular complexity index is 1730. The summed E-state index contributed by atoms with van der Waals surface area (Å²) < 4.78 is 295. The minimum atomic E-state index is -9.14. The first-order valence-corrected chi connectivity index (χ1v) is 14.1.